The lowest BCUT2D eigenvalue weighted by Gasteiger charge is -2.20. The number of benzene rings is 1. The maximum atomic E-state index is 3.58. The first kappa shape index (κ1) is 13.7. The van der Waals surface area contributed by atoms with Crippen LogP contribution in [-0.4, -0.2) is 11.4 Å². The van der Waals surface area contributed by atoms with Gasteiger partial charge in [-0.1, -0.05) is 48.0 Å². The maximum Gasteiger partial charge on any atom is 0.0208 e. The van der Waals surface area contributed by atoms with Gasteiger partial charge in [0.25, 0.3) is 0 Å². The molecule has 1 atom stereocenters. The Morgan fingerprint density at radius 3 is 2.38 bits per heavy atom. The minimum absolute atomic E-state index is 0.543. The topological polar surface area (TPSA) is 12.0 Å². The molecule has 0 aliphatic carbocycles. The van der Waals surface area contributed by atoms with Gasteiger partial charge in [-0.2, -0.15) is 0 Å². The van der Waals surface area contributed by atoms with Crippen molar-refractivity contribution >= 4 is 15.9 Å². The molecule has 0 radical (unpaired) electrons. The van der Waals surface area contributed by atoms with Crippen LogP contribution < -0.4 is 5.32 Å². The standard InChI is InChI=1S/C14H22BrN/c1-10(2)14(8-15)16-9-13-6-5-11(3)12(4)7-13/h5-7,10,14,16H,8-9H2,1-4H3. The maximum absolute atomic E-state index is 3.58. The van der Waals surface area contributed by atoms with Crippen LogP contribution in [-0.2, 0) is 6.54 Å². The minimum atomic E-state index is 0.543. The summed E-state index contributed by atoms with van der Waals surface area (Å²) >= 11 is 3.55. The summed E-state index contributed by atoms with van der Waals surface area (Å²) < 4.78 is 0. The molecule has 1 rings (SSSR count). The van der Waals surface area contributed by atoms with E-state index < -0.39 is 0 Å². The van der Waals surface area contributed by atoms with Crippen molar-refractivity contribution in [1.29, 1.82) is 0 Å². The summed E-state index contributed by atoms with van der Waals surface area (Å²) in [6.07, 6.45) is 0. The first-order chi connectivity index (χ1) is 7.54. The molecule has 1 nitrogen and oxygen atoms in total. The van der Waals surface area contributed by atoms with Crippen molar-refractivity contribution in [2.75, 3.05) is 5.33 Å². The first-order valence-corrected chi connectivity index (χ1v) is 7.02. The summed E-state index contributed by atoms with van der Waals surface area (Å²) in [5.74, 6) is 0.658. The molecule has 0 heterocycles. The van der Waals surface area contributed by atoms with Gasteiger partial charge in [0.15, 0.2) is 0 Å². The molecule has 0 aromatic heterocycles. The number of halogens is 1. The SMILES string of the molecule is Cc1ccc(CNC(CBr)C(C)C)cc1C. The Hall–Kier alpha value is -0.340. The third kappa shape index (κ3) is 3.91. The van der Waals surface area contributed by atoms with Gasteiger partial charge in [0, 0.05) is 17.9 Å². The molecule has 2 heteroatoms. The Bertz CT molecular complexity index is 334. The second-order valence-corrected chi connectivity index (χ2v) is 5.45. The van der Waals surface area contributed by atoms with E-state index in [1.165, 1.54) is 16.7 Å². The van der Waals surface area contributed by atoms with Gasteiger partial charge < -0.3 is 5.32 Å². The number of hydrogen-bond donors (Lipinski definition) is 1. The Labute approximate surface area is 108 Å². The summed E-state index contributed by atoms with van der Waals surface area (Å²) in [7, 11) is 0. The number of rotatable bonds is 5. The van der Waals surface area contributed by atoms with Crippen molar-refractivity contribution in [3.05, 3.63) is 34.9 Å². The summed E-state index contributed by atoms with van der Waals surface area (Å²) in [4.78, 5) is 0. The smallest absolute Gasteiger partial charge is 0.0208 e. The molecule has 0 saturated carbocycles. The van der Waals surface area contributed by atoms with Gasteiger partial charge in [0.05, 0.1) is 0 Å². The number of nitrogens with one attached hydrogen (secondary N) is 1. The van der Waals surface area contributed by atoms with E-state index in [1.54, 1.807) is 0 Å². The Kier molecular flexibility index (Phi) is 5.50. The highest BCUT2D eigenvalue weighted by molar-refractivity contribution is 9.09. The fourth-order valence-corrected chi connectivity index (χ4v) is 2.61. The average Bonchev–Trinajstić information content (AvgIpc) is 2.23. The van der Waals surface area contributed by atoms with Gasteiger partial charge in [-0.3, -0.25) is 0 Å². The van der Waals surface area contributed by atoms with E-state index in [2.05, 4.69) is 67.1 Å². The molecule has 90 valence electrons. The summed E-state index contributed by atoms with van der Waals surface area (Å²) in [6, 6.07) is 7.22. The van der Waals surface area contributed by atoms with E-state index >= 15 is 0 Å². The predicted octanol–water partition coefficient (Wildman–Crippen LogP) is 3.81. The van der Waals surface area contributed by atoms with Crippen LogP contribution in [0, 0.1) is 19.8 Å². The zero-order valence-corrected chi connectivity index (χ0v) is 12.3. The summed E-state index contributed by atoms with van der Waals surface area (Å²) in [6.45, 7) is 9.78. The van der Waals surface area contributed by atoms with Crippen LogP contribution >= 0.6 is 15.9 Å². The van der Waals surface area contributed by atoms with Crippen molar-refractivity contribution in [3.63, 3.8) is 0 Å². The van der Waals surface area contributed by atoms with Crippen LogP contribution in [0.1, 0.15) is 30.5 Å². The van der Waals surface area contributed by atoms with Crippen LogP contribution in [0.25, 0.3) is 0 Å². The van der Waals surface area contributed by atoms with Crippen molar-refractivity contribution in [2.24, 2.45) is 5.92 Å². The summed E-state index contributed by atoms with van der Waals surface area (Å²) in [5.41, 5.74) is 4.11. The lowest BCUT2D eigenvalue weighted by molar-refractivity contribution is 0.434. The third-order valence-electron chi connectivity index (χ3n) is 3.11. The van der Waals surface area contributed by atoms with E-state index in [0.717, 1.165) is 11.9 Å². The third-order valence-corrected chi connectivity index (χ3v) is 3.81. The molecule has 1 N–H and O–H groups in total. The van der Waals surface area contributed by atoms with Gasteiger partial charge in [-0.25, -0.2) is 0 Å². The van der Waals surface area contributed by atoms with E-state index in [0.29, 0.717) is 12.0 Å². The fraction of sp³-hybridized carbons (Fsp3) is 0.571. The molecule has 0 aliphatic rings. The lowest BCUT2D eigenvalue weighted by Crippen LogP contribution is -2.34. The molecule has 0 fully saturated rings. The predicted molar refractivity (Wildman–Crippen MR) is 75.2 cm³/mol. The zero-order chi connectivity index (χ0) is 12.1. The Balaban J connectivity index is 2.57. The lowest BCUT2D eigenvalue weighted by atomic mass is 10.0. The fourth-order valence-electron chi connectivity index (χ4n) is 1.63. The molecular formula is C14H22BrN. The second kappa shape index (κ2) is 6.41. The molecule has 1 aromatic carbocycles. The molecule has 1 unspecified atom stereocenters. The highest BCUT2D eigenvalue weighted by atomic mass is 79.9. The van der Waals surface area contributed by atoms with Crippen molar-refractivity contribution < 1.29 is 0 Å². The molecule has 16 heavy (non-hydrogen) atoms. The van der Waals surface area contributed by atoms with Crippen molar-refractivity contribution in [3.8, 4) is 0 Å². The van der Waals surface area contributed by atoms with Crippen LogP contribution in [0.15, 0.2) is 18.2 Å². The van der Waals surface area contributed by atoms with Gasteiger partial charge in [-0.15, -0.1) is 0 Å². The van der Waals surface area contributed by atoms with Crippen molar-refractivity contribution in [1.82, 2.24) is 5.32 Å². The van der Waals surface area contributed by atoms with E-state index in [9.17, 15) is 0 Å². The first-order valence-electron chi connectivity index (χ1n) is 5.90. The zero-order valence-electron chi connectivity index (χ0n) is 10.7. The normalized spacial score (nSPS) is 13.1. The van der Waals surface area contributed by atoms with Gasteiger partial charge in [-0.05, 0) is 36.5 Å². The molecule has 0 spiro atoms. The molecule has 0 saturated heterocycles. The average molecular weight is 284 g/mol. The quantitative estimate of drug-likeness (QED) is 0.811. The van der Waals surface area contributed by atoms with E-state index in [4.69, 9.17) is 0 Å². The number of aryl methyl sites for hydroxylation is 2. The minimum Gasteiger partial charge on any atom is -0.309 e. The second-order valence-electron chi connectivity index (χ2n) is 4.80. The van der Waals surface area contributed by atoms with Crippen LogP contribution in [0.4, 0.5) is 0 Å². The van der Waals surface area contributed by atoms with Gasteiger partial charge in [0.2, 0.25) is 0 Å². The monoisotopic (exact) mass is 283 g/mol. The Morgan fingerprint density at radius 2 is 1.88 bits per heavy atom. The van der Waals surface area contributed by atoms with E-state index in [-0.39, 0.29) is 0 Å². The van der Waals surface area contributed by atoms with Gasteiger partial charge in [0.1, 0.15) is 0 Å². The van der Waals surface area contributed by atoms with Crippen LogP contribution in [0.2, 0.25) is 0 Å². The van der Waals surface area contributed by atoms with Crippen molar-refractivity contribution in [2.45, 2.75) is 40.3 Å². The highest BCUT2D eigenvalue weighted by Crippen LogP contribution is 2.11. The molecule has 0 bridgehead atoms. The molecular weight excluding hydrogens is 262 g/mol. The van der Waals surface area contributed by atoms with Crippen LogP contribution in [0.5, 0.6) is 0 Å². The molecule has 1 aromatic rings. The Morgan fingerprint density at radius 1 is 1.19 bits per heavy atom. The largest absolute Gasteiger partial charge is 0.309 e. The molecule has 0 aliphatic heterocycles. The van der Waals surface area contributed by atoms with Gasteiger partial charge >= 0.3 is 0 Å². The summed E-state index contributed by atoms with van der Waals surface area (Å²) in [5, 5.41) is 4.59. The highest BCUT2D eigenvalue weighted by Gasteiger charge is 2.10. The number of alkyl halides is 1. The van der Waals surface area contributed by atoms with Crippen LogP contribution in [0.3, 0.4) is 0 Å². The number of hydrogen-bond acceptors (Lipinski definition) is 1. The molecule has 0 amide bonds. The van der Waals surface area contributed by atoms with E-state index in [1.807, 2.05) is 0 Å².